The summed E-state index contributed by atoms with van der Waals surface area (Å²) in [5.74, 6) is -0.172. The van der Waals surface area contributed by atoms with Crippen LogP contribution >= 0.6 is 0 Å². The van der Waals surface area contributed by atoms with Crippen LogP contribution in [-0.4, -0.2) is 24.5 Å². The van der Waals surface area contributed by atoms with Gasteiger partial charge in [0.1, 0.15) is 5.82 Å². The Morgan fingerprint density at radius 1 is 1.32 bits per heavy atom. The van der Waals surface area contributed by atoms with Crippen molar-refractivity contribution >= 4 is 0 Å². The molecule has 3 heteroatoms. The first-order valence-electron chi connectivity index (χ1n) is 6.86. The molecular weight excluding hydrogens is 239 g/mol. The van der Waals surface area contributed by atoms with Crippen LogP contribution in [0.4, 0.5) is 4.39 Å². The summed E-state index contributed by atoms with van der Waals surface area (Å²) in [6, 6.07) is 5.44. The largest absolute Gasteiger partial charge is 0.329 e. The van der Waals surface area contributed by atoms with E-state index in [0.717, 1.165) is 5.56 Å². The van der Waals surface area contributed by atoms with Crippen LogP contribution in [0.1, 0.15) is 44.9 Å². The van der Waals surface area contributed by atoms with Gasteiger partial charge < -0.3 is 5.73 Å². The molecule has 0 amide bonds. The Kier molecular flexibility index (Phi) is 5.11. The number of benzene rings is 1. The van der Waals surface area contributed by atoms with Crippen LogP contribution in [-0.2, 0) is 0 Å². The van der Waals surface area contributed by atoms with Gasteiger partial charge in [0.15, 0.2) is 0 Å². The van der Waals surface area contributed by atoms with Gasteiger partial charge in [-0.1, -0.05) is 38.5 Å². The summed E-state index contributed by atoms with van der Waals surface area (Å²) in [6.45, 7) is 11.1. The predicted octanol–water partition coefficient (Wildman–Crippen LogP) is 3.50. The van der Waals surface area contributed by atoms with Gasteiger partial charge in [-0.25, -0.2) is 4.39 Å². The number of aryl methyl sites for hydroxylation is 1. The van der Waals surface area contributed by atoms with Crippen molar-refractivity contribution in [1.29, 1.82) is 0 Å². The van der Waals surface area contributed by atoms with E-state index in [0.29, 0.717) is 18.2 Å². The first kappa shape index (κ1) is 16.1. The molecule has 0 bridgehead atoms. The molecule has 0 aliphatic rings. The number of hydrogen-bond acceptors (Lipinski definition) is 2. The van der Waals surface area contributed by atoms with Gasteiger partial charge in [0, 0.05) is 24.2 Å². The zero-order valence-corrected chi connectivity index (χ0v) is 13.0. The summed E-state index contributed by atoms with van der Waals surface area (Å²) < 4.78 is 14.0. The van der Waals surface area contributed by atoms with Gasteiger partial charge in [0.25, 0.3) is 0 Å². The topological polar surface area (TPSA) is 29.3 Å². The first-order chi connectivity index (χ1) is 8.68. The summed E-state index contributed by atoms with van der Waals surface area (Å²) in [6.07, 6.45) is 0. The molecule has 0 spiro atoms. The molecule has 0 saturated carbocycles. The van der Waals surface area contributed by atoms with Crippen molar-refractivity contribution in [3.05, 3.63) is 35.1 Å². The highest BCUT2D eigenvalue weighted by molar-refractivity contribution is 5.27. The molecule has 2 atom stereocenters. The number of nitrogens with zero attached hydrogens (tertiary/aromatic N) is 1. The number of hydrogen-bond donors (Lipinski definition) is 1. The quantitative estimate of drug-likeness (QED) is 0.903. The maximum Gasteiger partial charge on any atom is 0.128 e. The lowest BCUT2D eigenvalue weighted by atomic mass is 9.85. The Bertz CT molecular complexity index is 423. The van der Waals surface area contributed by atoms with E-state index in [1.807, 2.05) is 20.0 Å². The predicted molar refractivity (Wildman–Crippen MR) is 79.6 cm³/mol. The van der Waals surface area contributed by atoms with E-state index >= 15 is 0 Å². The van der Waals surface area contributed by atoms with Crippen molar-refractivity contribution in [2.45, 2.75) is 46.7 Å². The van der Waals surface area contributed by atoms with Gasteiger partial charge >= 0.3 is 0 Å². The zero-order valence-electron chi connectivity index (χ0n) is 13.0. The second-order valence-corrected chi connectivity index (χ2v) is 6.48. The smallest absolute Gasteiger partial charge is 0.128 e. The second-order valence-electron chi connectivity index (χ2n) is 6.48. The summed E-state index contributed by atoms with van der Waals surface area (Å²) in [7, 11) is 2.02. The molecule has 2 N–H and O–H groups in total. The van der Waals surface area contributed by atoms with Crippen LogP contribution in [0.5, 0.6) is 0 Å². The Morgan fingerprint density at radius 2 is 1.89 bits per heavy atom. The van der Waals surface area contributed by atoms with E-state index in [9.17, 15) is 4.39 Å². The van der Waals surface area contributed by atoms with E-state index in [1.54, 1.807) is 6.07 Å². The minimum absolute atomic E-state index is 0.0888. The number of halogens is 1. The third kappa shape index (κ3) is 3.77. The molecule has 0 radical (unpaired) electrons. The van der Waals surface area contributed by atoms with Crippen molar-refractivity contribution in [2.24, 2.45) is 11.1 Å². The van der Waals surface area contributed by atoms with E-state index in [4.69, 9.17) is 5.73 Å². The maximum atomic E-state index is 14.0. The Balaban J connectivity index is 3.10. The lowest BCUT2D eigenvalue weighted by Gasteiger charge is -2.40. The van der Waals surface area contributed by atoms with Crippen LogP contribution in [0.25, 0.3) is 0 Å². The summed E-state index contributed by atoms with van der Waals surface area (Å²) in [4.78, 5) is 2.18. The fourth-order valence-electron chi connectivity index (χ4n) is 2.31. The van der Waals surface area contributed by atoms with Crippen LogP contribution in [0.2, 0.25) is 0 Å². The van der Waals surface area contributed by atoms with Crippen molar-refractivity contribution in [2.75, 3.05) is 13.6 Å². The summed E-state index contributed by atoms with van der Waals surface area (Å²) in [5, 5.41) is 0. The van der Waals surface area contributed by atoms with E-state index in [1.165, 1.54) is 6.07 Å². The minimum Gasteiger partial charge on any atom is -0.329 e. The third-order valence-corrected chi connectivity index (χ3v) is 4.09. The monoisotopic (exact) mass is 266 g/mol. The lowest BCUT2D eigenvalue weighted by molar-refractivity contribution is 0.0984. The fourth-order valence-corrected chi connectivity index (χ4v) is 2.31. The first-order valence-corrected chi connectivity index (χ1v) is 6.86. The highest BCUT2D eigenvalue weighted by atomic mass is 19.1. The Labute approximate surface area is 116 Å². The van der Waals surface area contributed by atoms with Crippen molar-refractivity contribution < 1.29 is 4.39 Å². The Morgan fingerprint density at radius 3 is 2.37 bits per heavy atom. The molecule has 0 aromatic heterocycles. The zero-order chi connectivity index (χ0) is 14.8. The third-order valence-electron chi connectivity index (χ3n) is 4.09. The molecule has 19 heavy (non-hydrogen) atoms. The minimum atomic E-state index is -0.172. The lowest BCUT2D eigenvalue weighted by Crippen LogP contribution is -2.44. The normalized spacial score (nSPS) is 15.6. The van der Waals surface area contributed by atoms with Crippen LogP contribution in [0, 0.1) is 18.2 Å². The van der Waals surface area contributed by atoms with Gasteiger partial charge in [-0.05, 0) is 32.4 Å². The van der Waals surface area contributed by atoms with Gasteiger partial charge in [-0.2, -0.15) is 0 Å². The number of rotatable bonds is 4. The van der Waals surface area contributed by atoms with E-state index in [2.05, 4.69) is 32.6 Å². The number of likely N-dealkylation sites (N-methyl/N-ethyl adjacent to an activating group) is 1. The molecule has 1 aromatic carbocycles. The van der Waals surface area contributed by atoms with Crippen LogP contribution in [0.15, 0.2) is 18.2 Å². The maximum absolute atomic E-state index is 14.0. The molecule has 0 heterocycles. The second kappa shape index (κ2) is 6.02. The molecule has 2 nitrogen and oxygen atoms in total. The molecule has 0 saturated heterocycles. The van der Waals surface area contributed by atoms with Crippen LogP contribution < -0.4 is 5.73 Å². The van der Waals surface area contributed by atoms with Gasteiger partial charge in [-0.3, -0.25) is 4.90 Å². The van der Waals surface area contributed by atoms with Gasteiger partial charge in [0.05, 0.1) is 0 Å². The molecule has 0 fully saturated rings. The van der Waals surface area contributed by atoms with E-state index < -0.39 is 0 Å². The van der Waals surface area contributed by atoms with Crippen molar-refractivity contribution in [3.8, 4) is 0 Å². The van der Waals surface area contributed by atoms with Crippen LogP contribution in [0.3, 0.4) is 0 Å². The van der Waals surface area contributed by atoms with Crippen molar-refractivity contribution in [1.82, 2.24) is 4.90 Å². The highest BCUT2D eigenvalue weighted by Gasteiger charge is 2.29. The molecule has 0 aliphatic carbocycles. The SMILES string of the molecule is Cc1ccc(F)c(C(CN)N(C)C(C)C(C)(C)C)c1. The molecule has 108 valence electrons. The summed E-state index contributed by atoms with van der Waals surface area (Å²) >= 11 is 0. The average Bonchev–Trinajstić information content (AvgIpc) is 2.32. The fraction of sp³-hybridized carbons (Fsp3) is 0.625. The molecule has 1 rings (SSSR count). The molecule has 2 unspecified atom stereocenters. The van der Waals surface area contributed by atoms with E-state index in [-0.39, 0.29) is 17.3 Å². The van der Waals surface area contributed by atoms with Crippen molar-refractivity contribution in [3.63, 3.8) is 0 Å². The molecular formula is C16H27FN2. The average molecular weight is 266 g/mol. The van der Waals surface area contributed by atoms with Gasteiger partial charge in [-0.15, -0.1) is 0 Å². The molecule has 1 aromatic rings. The summed E-state index contributed by atoms with van der Waals surface area (Å²) in [5.41, 5.74) is 7.78. The number of nitrogens with two attached hydrogens (primary N) is 1. The highest BCUT2D eigenvalue weighted by Crippen LogP contribution is 2.30. The standard InChI is InChI=1S/C16H27FN2/c1-11-7-8-14(17)13(9-11)15(10-18)19(6)12(2)16(3,4)5/h7-9,12,15H,10,18H2,1-6H3. The molecule has 0 aliphatic heterocycles. The Hall–Kier alpha value is -0.930. The van der Waals surface area contributed by atoms with Gasteiger partial charge in [0.2, 0.25) is 0 Å².